The first kappa shape index (κ1) is 19.6. The topological polar surface area (TPSA) is 9.23 Å². The SMILES string of the molecule is CC#CC1(Oc2cc([S+](c3ccccc3)c3ccccc3)ccc2F)CCCC1. The molecule has 1 nitrogen and oxygen atoms in total. The van der Waals surface area contributed by atoms with Crippen molar-refractivity contribution in [1.29, 1.82) is 0 Å². The lowest BCUT2D eigenvalue weighted by Crippen LogP contribution is -2.31. The second-order valence-electron chi connectivity index (χ2n) is 7.20. The largest absolute Gasteiger partial charge is 0.471 e. The van der Waals surface area contributed by atoms with Gasteiger partial charge in [-0.25, -0.2) is 4.39 Å². The molecule has 0 amide bonds. The van der Waals surface area contributed by atoms with Gasteiger partial charge in [0.25, 0.3) is 0 Å². The van der Waals surface area contributed by atoms with Crippen LogP contribution >= 0.6 is 0 Å². The number of ether oxygens (including phenoxy) is 1. The van der Waals surface area contributed by atoms with Crippen molar-refractivity contribution < 1.29 is 9.13 Å². The molecule has 0 heterocycles. The third-order valence-electron chi connectivity index (χ3n) is 5.17. The minimum absolute atomic E-state index is 0.302. The van der Waals surface area contributed by atoms with E-state index < -0.39 is 5.60 Å². The molecular weight excluding hydrogens is 379 g/mol. The quantitative estimate of drug-likeness (QED) is 0.343. The van der Waals surface area contributed by atoms with Gasteiger partial charge in [-0.2, -0.15) is 0 Å². The molecule has 0 radical (unpaired) electrons. The zero-order valence-electron chi connectivity index (χ0n) is 16.5. The van der Waals surface area contributed by atoms with Gasteiger partial charge in [-0.1, -0.05) is 42.3 Å². The summed E-state index contributed by atoms with van der Waals surface area (Å²) >= 11 is 0. The minimum Gasteiger partial charge on any atom is -0.471 e. The van der Waals surface area contributed by atoms with Crippen LogP contribution in [-0.2, 0) is 10.9 Å². The van der Waals surface area contributed by atoms with E-state index in [0.717, 1.165) is 30.6 Å². The number of benzene rings is 3. The van der Waals surface area contributed by atoms with E-state index in [1.54, 1.807) is 0 Å². The Morgan fingerprint density at radius 1 is 0.828 bits per heavy atom. The summed E-state index contributed by atoms with van der Waals surface area (Å²) in [5.41, 5.74) is -0.563. The zero-order valence-corrected chi connectivity index (χ0v) is 17.3. The molecule has 0 saturated heterocycles. The average Bonchev–Trinajstić information content (AvgIpc) is 3.21. The molecule has 0 spiro atoms. The van der Waals surface area contributed by atoms with Gasteiger partial charge in [0, 0.05) is 6.07 Å². The molecule has 0 aliphatic heterocycles. The molecule has 0 unspecified atom stereocenters. The highest BCUT2D eigenvalue weighted by Gasteiger charge is 2.36. The van der Waals surface area contributed by atoms with Gasteiger partial charge in [0.2, 0.25) is 0 Å². The predicted octanol–water partition coefficient (Wildman–Crippen LogP) is 6.64. The van der Waals surface area contributed by atoms with E-state index in [4.69, 9.17) is 4.74 Å². The number of hydrogen-bond donors (Lipinski definition) is 0. The lowest BCUT2D eigenvalue weighted by molar-refractivity contribution is 0.131. The predicted molar refractivity (Wildman–Crippen MR) is 117 cm³/mol. The molecule has 1 aliphatic rings. The molecule has 0 aromatic heterocycles. The molecule has 3 aromatic rings. The van der Waals surface area contributed by atoms with Gasteiger partial charge in [-0.3, -0.25) is 0 Å². The highest BCUT2D eigenvalue weighted by molar-refractivity contribution is 7.97. The average molecular weight is 404 g/mol. The van der Waals surface area contributed by atoms with Crippen LogP contribution < -0.4 is 4.74 Å². The van der Waals surface area contributed by atoms with E-state index in [2.05, 4.69) is 36.1 Å². The molecule has 0 atom stereocenters. The van der Waals surface area contributed by atoms with Crippen molar-refractivity contribution in [3.8, 4) is 17.6 Å². The summed E-state index contributed by atoms with van der Waals surface area (Å²) in [6.07, 6.45) is 3.82. The van der Waals surface area contributed by atoms with Crippen LogP contribution in [0.2, 0.25) is 0 Å². The van der Waals surface area contributed by atoms with Crippen LogP contribution in [-0.4, -0.2) is 5.60 Å². The summed E-state index contributed by atoms with van der Waals surface area (Å²) in [5, 5.41) is 0. The third kappa shape index (κ3) is 4.33. The Morgan fingerprint density at radius 2 is 1.41 bits per heavy atom. The van der Waals surface area contributed by atoms with Crippen LogP contribution in [0.3, 0.4) is 0 Å². The Balaban J connectivity index is 1.76. The first-order valence-corrected chi connectivity index (χ1v) is 11.2. The van der Waals surface area contributed by atoms with E-state index >= 15 is 0 Å². The lowest BCUT2D eigenvalue weighted by Gasteiger charge is -2.25. The Labute approximate surface area is 175 Å². The second kappa shape index (κ2) is 8.76. The number of hydrogen-bond acceptors (Lipinski definition) is 1. The van der Waals surface area contributed by atoms with Crippen molar-refractivity contribution in [3.63, 3.8) is 0 Å². The first-order valence-electron chi connectivity index (χ1n) is 9.98. The monoisotopic (exact) mass is 403 g/mol. The van der Waals surface area contributed by atoms with Crippen LogP contribution in [0.1, 0.15) is 32.6 Å². The summed E-state index contributed by atoms with van der Waals surface area (Å²) in [6.45, 7) is 1.82. The molecule has 0 bridgehead atoms. The van der Waals surface area contributed by atoms with Crippen LogP contribution in [0.4, 0.5) is 4.39 Å². The molecule has 29 heavy (non-hydrogen) atoms. The molecule has 3 heteroatoms. The van der Waals surface area contributed by atoms with Gasteiger partial charge < -0.3 is 4.74 Å². The summed E-state index contributed by atoms with van der Waals surface area (Å²) in [6, 6.07) is 26.0. The van der Waals surface area contributed by atoms with Crippen LogP contribution in [0.5, 0.6) is 5.75 Å². The summed E-state index contributed by atoms with van der Waals surface area (Å²) < 4.78 is 21.0. The van der Waals surface area contributed by atoms with Crippen molar-refractivity contribution >= 4 is 10.9 Å². The molecule has 1 saturated carbocycles. The van der Waals surface area contributed by atoms with Crippen molar-refractivity contribution in [3.05, 3.63) is 84.7 Å². The number of halogens is 1. The fourth-order valence-corrected chi connectivity index (χ4v) is 5.95. The maximum absolute atomic E-state index is 14.7. The smallest absolute Gasteiger partial charge is 0.170 e. The molecule has 3 aromatic carbocycles. The van der Waals surface area contributed by atoms with E-state index in [1.165, 1.54) is 15.9 Å². The van der Waals surface area contributed by atoms with Gasteiger partial charge in [0.1, 0.15) is 0 Å². The van der Waals surface area contributed by atoms with Gasteiger partial charge in [0.05, 0.1) is 10.9 Å². The van der Waals surface area contributed by atoms with Gasteiger partial charge in [-0.15, -0.1) is 5.92 Å². The third-order valence-corrected chi connectivity index (χ3v) is 7.38. The first-order chi connectivity index (χ1) is 14.2. The second-order valence-corrected chi connectivity index (χ2v) is 9.23. The highest BCUT2D eigenvalue weighted by atomic mass is 32.2. The van der Waals surface area contributed by atoms with E-state index in [0.29, 0.717) is 5.75 Å². The van der Waals surface area contributed by atoms with Crippen LogP contribution in [0.25, 0.3) is 0 Å². The number of rotatable bonds is 5. The van der Waals surface area contributed by atoms with E-state index in [1.807, 2.05) is 55.5 Å². The van der Waals surface area contributed by atoms with Gasteiger partial charge >= 0.3 is 0 Å². The van der Waals surface area contributed by atoms with Crippen molar-refractivity contribution in [2.45, 2.75) is 52.9 Å². The Kier molecular flexibility index (Phi) is 5.92. The summed E-state index contributed by atoms with van der Waals surface area (Å²) in [5.74, 6) is 6.16. The standard InChI is InChI=1S/C26H24FOS/c1-2-17-26(18-9-10-19-26)28-25-20-23(15-16-24(25)27)29(21-11-5-3-6-12-21)22-13-7-4-8-14-22/h3-8,11-16,20H,9-10,18-19H2,1H3/q+1. The lowest BCUT2D eigenvalue weighted by atomic mass is 10.0. The fraction of sp³-hybridized carbons (Fsp3) is 0.231. The van der Waals surface area contributed by atoms with Crippen LogP contribution in [0.15, 0.2) is 93.5 Å². The van der Waals surface area contributed by atoms with Crippen molar-refractivity contribution in [2.24, 2.45) is 0 Å². The normalized spacial score (nSPS) is 15.0. The fourth-order valence-electron chi connectivity index (χ4n) is 3.85. The Bertz CT molecular complexity index is 975. The van der Waals surface area contributed by atoms with Crippen LogP contribution in [0, 0.1) is 17.7 Å². The molecule has 1 fully saturated rings. The highest BCUT2D eigenvalue weighted by Crippen LogP contribution is 2.38. The van der Waals surface area contributed by atoms with E-state index in [9.17, 15) is 4.39 Å². The molecule has 4 rings (SSSR count). The zero-order chi connectivity index (χ0) is 20.1. The Hall–Kier alpha value is -2.70. The Morgan fingerprint density at radius 3 is 1.97 bits per heavy atom. The maximum atomic E-state index is 14.7. The van der Waals surface area contributed by atoms with Gasteiger partial charge in [-0.05, 0) is 69.0 Å². The van der Waals surface area contributed by atoms with Gasteiger partial charge in [0.15, 0.2) is 31.9 Å². The minimum atomic E-state index is -0.563. The molecule has 0 N–H and O–H groups in total. The van der Waals surface area contributed by atoms with Crippen molar-refractivity contribution in [2.75, 3.05) is 0 Å². The summed E-state index contributed by atoms with van der Waals surface area (Å²) in [7, 11) is -0.336. The molecule has 146 valence electrons. The maximum Gasteiger partial charge on any atom is 0.170 e. The van der Waals surface area contributed by atoms with Crippen molar-refractivity contribution in [1.82, 2.24) is 0 Å². The summed E-state index contributed by atoms with van der Waals surface area (Å²) in [4.78, 5) is 3.43. The molecular formula is C26H24FOS+. The molecule has 1 aliphatic carbocycles. The van der Waals surface area contributed by atoms with E-state index in [-0.39, 0.29) is 16.7 Å².